The van der Waals surface area contributed by atoms with Gasteiger partial charge in [0.05, 0.1) is 17.5 Å². The SMILES string of the molecule is N#Cc1c(N)nc2c(c1-c1ccco1)CCc1cc(C(=O)O)ccc1-2.O=C(O)C(F)(F)F. The summed E-state index contributed by atoms with van der Waals surface area (Å²) in [5.41, 5.74) is 10.6. The molecule has 0 aliphatic heterocycles. The average Bonchev–Trinajstić information content (AvgIpc) is 3.26. The fourth-order valence-corrected chi connectivity index (χ4v) is 3.34. The van der Waals surface area contributed by atoms with Gasteiger partial charge in [0, 0.05) is 11.1 Å². The van der Waals surface area contributed by atoms with Crippen LogP contribution in [0, 0.1) is 11.3 Å². The number of aromatic carboxylic acids is 1. The number of carboxylic acid groups (broad SMARTS) is 2. The van der Waals surface area contributed by atoms with Gasteiger partial charge in [-0.1, -0.05) is 6.07 Å². The number of nitrogens with zero attached hydrogens (tertiary/aromatic N) is 2. The van der Waals surface area contributed by atoms with Crippen LogP contribution in [0.25, 0.3) is 22.6 Å². The number of halogens is 3. The summed E-state index contributed by atoms with van der Waals surface area (Å²) in [4.78, 5) is 24.5. The van der Waals surface area contributed by atoms with Crippen LogP contribution in [0.5, 0.6) is 0 Å². The molecule has 4 N–H and O–H groups in total. The molecular formula is C21H14F3N3O5. The number of benzene rings is 1. The molecule has 4 rings (SSSR count). The number of nitrogen functional groups attached to an aromatic ring is 1. The topological polar surface area (TPSA) is 150 Å². The number of hydrogen-bond donors (Lipinski definition) is 3. The lowest BCUT2D eigenvalue weighted by Gasteiger charge is -2.23. The number of aryl methyl sites for hydroxylation is 1. The largest absolute Gasteiger partial charge is 0.490 e. The molecule has 11 heteroatoms. The van der Waals surface area contributed by atoms with Gasteiger partial charge in [-0.15, -0.1) is 0 Å². The van der Waals surface area contributed by atoms with Crippen LogP contribution in [0.3, 0.4) is 0 Å². The first-order chi connectivity index (χ1) is 15.0. The third kappa shape index (κ3) is 4.24. The van der Waals surface area contributed by atoms with Crippen LogP contribution in [0.4, 0.5) is 19.0 Å². The molecular weight excluding hydrogens is 431 g/mol. The standard InChI is InChI=1S/C19H13N3O3.C2HF3O2/c20-9-14-16(15-2-1-7-25-15)13-6-3-10-8-11(19(23)24)4-5-12(10)17(13)22-18(14)21;3-2(4,5)1(6)7/h1-2,4-5,7-8H,3,6H2,(H2,21,22)(H,23,24);(H,6,7). The first-order valence-electron chi connectivity index (χ1n) is 8.97. The third-order valence-corrected chi connectivity index (χ3v) is 4.70. The first kappa shape index (κ1) is 22.4. The normalized spacial score (nSPS) is 11.9. The van der Waals surface area contributed by atoms with Crippen molar-refractivity contribution < 1.29 is 37.4 Å². The molecule has 1 aromatic carbocycles. The Morgan fingerprint density at radius 3 is 2.41 bits per heavy atom. The van der Waals surface area contributed by atoms with Crippen LogP contribution >= 0.6 is 0 Å². The molecule has 0 atom stereocenters. The Balaban J connectivity index is 0.000000360. The van der Waals surface area contributed by atoms with E-state index in [2.05, 4.69) is 11.1 Å². The van der Waals surface area contributed by atoms with Gasteiger partial charge in [-0.05, 0) is 48.2 Å². The minimum atomic E-state index is -5.08. The average molecular weight is 445 g/mol. The molecule has 8 nitrogen and oxygen atoms in total. The van der Waals surface area contributed by atoms with Crippen molar-refractivity contribution in [1.82, 2.24) is 4.98 Å². The molecule has 0 spiro atoms. The summed E-state index contributed by atoms with van der Waals surface area (Å²) in [6.45, 7) is 0. The molecule has 1 aliphatic carbocycles. The lowest BCUT2D eigenvalue weighted by Crippen LogP contribution is -2.21. The number of furan rings is 1. The summed E-state index contributed by atoms with van der Waals surface area (Å²) in [5, 5.41) is 25.8. The number of carboxylic acids is 2. The van der Waals surface area contributed by atoms with E-state index in [-0.39, 0.29) is 11.4 Å². The lowest BCUT2D eigenvalue weighted by molar-refractivity contribution is -0.192. The van der Waals surface area contributed by atoms with Gasteiger partial charge in [-0.3, -0.25) is 0 Å². The van der Waals surface area contributed by atoms with Gasteiger partial charge in [-0.25, -0.2) is 14.6 Å². The van der Waals surface area contributed by atoms with Crippen molar-refractivity contribution >= 4 is 17.8 Å². The van der Waals surface area contributed by atoms with Gasteiger partial charge in [-0.2, -0.15) is 18.4 Å². The van der Waals surface area contributed by atoms with Crippen LogP contribution in [-0.4, -0.2) is 33.3 Å². The number of alkyl halides is 3. The maximum absolute atomic E-state index is 11.2. The monoisotopic (exact) mass is 445 g/mol. The van der Waals surface area contributed by atoms with E-state index < -0.39 is 18.1 Å². The van der Waals surface area contributed by atoms with E-state index in [0.29, 0.717) is 35.4 Å². The predicted molar refractivity (Wildman–Crippen MR) is 105 cm³/mol. The molecule has 0 saturated carbocycles. The van der Waals surface area contributed by atoms with E-state index in [1.165, 1.54) is 0 Å². The zero-order valence-corrected chi connectivity index (χ0v) is 16.1. The van der Waals surface area contributed by atoms with Gasteiger partial charge in [0.15, 0.2) is 0 Å². The Morgan fingerprint density at radius 1 is 1.19 bits per heavy atom. The second-order valence-corrected chi connectivity index (χ2v) is 6.64. The molecule has 0 bridgehead atoms. The quantitative estimate of drug-likeness (QED) is 0.537. The van der Waals surface area contributed by atoms with E-state index in [0.717, 1.165) is 16.7 Å². The minimum absolute atomic E-state index is 0.141. The van der Waals surface area contributed by atoms with Gasteiger partial charge >= 0.3 is 18.1 Å². The van der Waals surface area contributed by atoms with E-state index in [1.807, 2.05) is 0 Å². The highest BCUT2D eigenvalue weighted by atomic mass is 19.4. The number of carbonyl (C=O) groups is 2. The number of anilines is 1. The van der Waals surface area contributed by atoms with E-state index in [4.69, 9.17) is 20.1 Å². The number of fused-ring (bicyclic) bond motifs is 3. The molecule has 32 heavy (non-hydrogen) atoms. The summed E-state index contributed by atoms with van der Waals surface area (Å²) >= 11 is 0. The summed E-state index contributed by atoms with van der Waals surface area (Å²) in [6, 6.07) is 10.7. The van der Waals surface area contributed by atoms with Crippen molar-refractivity contribution in [2.24, 2.45) is 0 Å². The van der Waals surface area contributed by atoms with E-state index >= 15 is 0 Å². The maximum atomic E-state index is 11.2. The molecule has 164 valence electrons. The molecule has 2 heterocycles. The molecule has 0 saturated heterocycles. The van der Waals surface area contributed by atoms with Crippen molar-refractivity contribution in [3.8, 4) is 28.7 Å². The summed E-state index contributed by atoms with van der Waals surface area (Å²) in [5.74, 6) is -3.00. The molecule has 3 aromatic rings. The molecule has 1 aliphatic rings. The maximum Gasteiger partial charge on any atom is 0.490 e. The molecule has 0 fully saturated rings. The van der Waals surface area contributed by atoms with Gasteiger partial charge in [0.2, 0.25) is 0 Å². The van der Waals surface area contributed by atoms with Crippen molar-refractivity contribution in [2.45, 2.75) is 19.0 Å². The first-order valence-corrected chi connectivity index (χ1v) is 8.97. The number of nitriles is 1. The summed E-state index contributed by atoms with van der Waals surface area (Å²) < 4.78 is 37.2. The predicted octanol–water partition coefficient (Wildman–Crippen LogP) is 3.89. The van der Waals surface area contributed by atoms with Crippen LogP contribution in [0.1, 0.15) is 27.0 Å². The Labute approximate surface area is 178 Å². The number of nitrogens with two attached hydrogens (primary N) is 1. The lowest BCUT2D eigenvalue weighted by atomic mass is 9.84. The Morgan fingerprint density at radius 2 is 1.88 bits per heavy atom. The van der Waals surface area contributed by atoms with Crippen molar-refractivity contribution in [1.29, 1.82) is 5.26 Å². The molecule has 0 unspecified atom stereocenters. The third-order valence-electron chi connectivity index (χ3n) is 4.70. The number of hydrogen-bond acceptors (Lipinski definition) is 6. The van der Waals surface area contributed by atoms with Crippen molar-refractivity contribution in [3.05, 3.63) is 58.8 Å². The smallest absolute Gasteiger partial charge is 0.478 e. The van der Waals surface area contributed by atoms with Gasteiger partial charge in [0.1, 0.15) is 23.2 Å². The number of pyridine rings is 1. The number of aromatic nitrogens is 1. The fraction of sp³-hybridized carbons (Fsp3) is 0.143. The molecule has 2 aromatic heterocycles. The second kappa shape index (κ2) is 8.43. The summed E-state index contributed by atoms with van der Waals surface area (Å²) in [6.07, 6.45) is -2.24. The Kier molecular flexibility index (Phi) is 5.89. The highest BCUT2D eigenvalue weighted by molar-refractivity contribution is 5.90. The van der Waals surface area contributed by atoms with Crippen molar-refractivity contribution in [2.75, 3.05) is 5.73 Å². The fourth-order valence-electron chi connectivity index (χ4n) is 3.34. The Bertz CT molecular complexity index is 1250. The van der Waals surface area contributed by atoms with E-state index in [9.17, 15) is 28.3 Å². The number of aliphatic carboxylic acids is 1. The van der Waals surface area contributed by atoms with Crippen LogP contribution in [0.15, 0.2) is 41.0 Å². The zero-order valence-electron chi connectivity index (χ0n) is 16.1. The molecule has 0 radical (unpaired) electrons. The second-order valence-electron chi connectivity index (χ2n) is 6.64. The van der Waals surface area contributed by atoms with Crippen LogP contribution in [0.2, 0.25) is 0 Å². The number of rotatable bonds is 2. The highest BCUT2D eigenvalue weighted by Gasteiger charge is 2.38. The van der Waals surface area contributed by atoms with Crippen LogP contribution < -0.4 is 5.73 Å². The van der Waals surface area contributed by atoms with Gasteiger partial charge in [0.25, 0.3) is 0 Å². The molecule has 0 amide bonds. The van der Waals surface area contributed by atoms with Gasteiger partial charge < -0.3 is 20.4 Å². The van der Waals surface area contributed by atoms with Crippen molar-refractivity contribution in [3.63, 3.8) is 0 Å². The summed E-state index contributed by atoms with van der Waals surface area (Å²) in [7, 11) is 0. The van der Waals surface area contributed by atoms with Crippen LogP contribution in [-0.2, 0) is 17.6 Å². The van der Waals surface area contributed by atoms with E-state index in [1.54, 1.807) is 36.6 Å². The zero-order chi connectivity index (χ0) is 23.6. The highest BCUT2D eigenvalue weighted by Crippen LogP contribution is 2.41. The minimum Gasteiger partial charge on any atom is -0.478 e. The Hall–Kier alpha value is -4.33.